The molecule has 0 aromatic heterocycles. The Morgan fingerprint density at radius 3 is 1.57 bits per heavy atom. The lowest BCUT2D eigenvalue weighted by Gasteiger charge is -1.97. The number of alkyl halides is 1. The van der Waals surface area contributed by atoms with Gasteiger partial charge in [-0.1, -0.05) is 0 Å². The first kappa shape index (κ1) is 15.7. The van der Waals surface area contributed by atoms with Crippen LogP contribution in [-0.2, 0) is 0 Å². The van der Waals surface area contributed by atoms with Crippen LogP contribution in [0.15, 0.2) is 0 Å². The minimum absolute atomic E-state index is 0. The fourth-order valence-electron chi connectivity index (χ4n) is 0. The van der Waals surface area contributed by atoms with Crippen molar-refractivity contribution >= 4 is 35.0 Å². The minimum atomic E-state index is 0. The summed E-state index contributed by atoms with van der Waals surface area (Å²) in [4.78, 5) is 1.89. The Hall–Kier alpha value is 0.757. The summed E-state index contributed by atoms with van der Waals surface area (Å²) in [7, 11) is 3.85. The van der Waals surface area contributed by atoms with E-state index in [9.17, 15) is 0 Å². The standard InChI is InChI=1S/C3H8ClN.ClH.H4Si/c1-5(2)3-4;;/h3H2,1-2H3;1H;1H4. The number of halogens is 2. The van der Waals surface area contributed by atoms with Crippen LogP contribution in [0.25, 0.3) is 0 Å². The molecule has 0 saturated carbocycles. The molecule has 7 heavy (non-hydrogen) atoms. The van der Waals surface area contributed by atoms with Crippen LogP contribution in [-0.4, -0.2) is 36.0 Å². The molecule has 0 bridgehead atoms. The maximum atomic E-state index is 5.26. The smallest absolute Gasteiger partial charge is 0.0733 e. The van der Waals surface area contributed by atoms with Gasteiger partial charge in [0, 0.05) is 0 Å². The van der Waals surface area contributed by atoms with Gasteiger partial charge >= 0.3 is 0 Å². The van der Waals surface area contributed by atoms with Crippen LogP contribution in [0.2, 0.25) is 0 Å². The van der Waals surface area contributed by atoms with E-state index in [4.69, 9.17) is 11.6 Å². The molecular weight excluding hydrogens is 149 g/mol. The van der Waals surface area contributed by atoms with Crippen LogP contribution in [0.1, 0.15) is 0 Å². The zero-order chi connectivity index (χ0) is 4.28. The second-order valence-electron chi connectivity index (χ2n) is 1.20. The lowest BCUT2D eigenvalue weighted by molar-refractivity contribution is 0.481. The van der Waals surface area contributed by atoms with E-state index in [1.54, 1.807) is 0 Å². The van der Waals surface area contributed by atoms with Crippen LogP contribution in [0, 0.1) is 0 Å². The molecule has 0 spiro atoms. The Balaban J connectivity index is -0.0000000800. The van der Waals surface area contributed by atoms with Gasteiger partial charge in [0.1, 0.15) is 0 Å². The Morgan fingerprint density at radius 2 is 1.57 bits per heavy atom. The lowest BCUT2D eigenvalue weighted by atomic mass is 11.0. The van der Waals surface area contributed by atoms with Gasteiger partial charge in [-0.3, -0.25) is 4.90 Å². The zero-order valence-electron chi connectivity index (χ0n) is 3.94. The fraction of sp³-hybridized carbons (Fsp3) is 1.00. The van der Waals surface area contributed by atoms with Gasteiger partial charge in [-0.05, 0) is 25.1 Å². The molecule has 1 nitrogen and oxygen atoms in total. The number of hydrogen-bond donors (Lipinski definition) is 0. The van der Waals surface area contributed by atoms with E-state index < -0.39 is 0 Å². The third kappa shape index (κ3) is 20.1. The van der Waals surface area contributed by atoms with Crippen molar-refractivity contribution in [2.45, 2.75) is 0 Å². The second-order valence-corrected chi connectivity index (χ2v) is 1.44. The minimum Gasteiger partial charge on any atom is -0.296 e. The maximum Gasteiger partial charge on any atom is 0.0733 e. The van der Waals surface area contributed by atoms with Gasteiger partial charge in [-0.15, -0.1) is 24.0 Å². The summed E-state index contributed by atoms with van der Waals surface area (Å²) in [6, 6.07) is 0.611. The topological polar surface area (TPSA) is 3.24 Å². The molecule has 4 heteroatoms. The molecule has 0 saturated heterocycles. The fourth-order valence-corrected chi connectivity index (χ4v) is 0. The summed E-state index contributed by atoms with van der Waals surface area (Å²) in [5.74, 6) is 0. The quantitative estimate of drug-likeness (QED) is 0.291. The highest BCUT2D eigenvalue weighted by Crippen LogP contribution is 1.74. The summed E-state index contributed by atoms with van der Waals surface area (Å²) in [5.41, 5.74) is 0. The zero-order valence-corrected chi connectivity index (χ0v) is 5.51. The lowest BCUT2D eigenvalue weighted by Crippen LogP contribution is -2.06. The van der Waals surface area contributed by atoms with E-state index in [2.05, 4.69) is 0 Å². The van der Waals surface area contributed by atoms with Crippen LogP contribution in [0.5, 0.6) is 0 Å². The molecule has 0 amide bonds. The first-order valence-electron chi connectivity index (χ1n) is 1.48. The van der Waals surface area contributed by atoms with Crippen LogP contribution in [0.4, 0.5) is 0 Å². The first-order chi connectivity index (χ1) is 2.27. The van der Waals surface area contributed by atoms with Gasteiger partial charge in [-0.25, -0.2) is 0 Å². The molecule has 0 aliphatic rings. The second kappa shape index (κ2) is 9.90. The molecule has 0 atom stereocenters. The summed E-state index contributed by atoms with van der Waals surface area (Å²) in [6.07, 6.45) is 0. The molecule has 0 aromatic rings. The summed E-state index contributed by atoms with van der Waals surface area (Å²) in [5, 5.41) is 0. The van der Waals surface area contributed by atoms with E-state index in [0.29, 0.717) is 6.00 Å². The van der Waals surface area contributed by atoms with Gasteiger partial charge in [0.05, 0.1) is 6.00 Å². The van der Waals surface area contributed by atoms with Gasteiger partial charge in [0.15, 0.2) is 0 Å². The first-order valence-corrected chi connectivity index (χ1v) is 2.01. The van der Waals surface area contributed by atoms with Crippen molar-refractivity contribution < 1.29 is 0 Å². The molecule has 48 valence electrons. The third-order valence-electron chi connectivity index (χ3n) is 0.239. The molecule has 0 aromatic carbocycles. The van der Waals surface area contributed by atoms with Gasteiger partial charge in [0.25, 0.3) is 0 Å². The molecular formula is C3H13Cl2NSi. The molecule has 0 N–H and O–H groups in total. The SMILES string of the molecule is CN(C)CCl.Cl.[SiH4]. The van der Waals surface area contributed by atoms with E-state index >= 15 is 0 Å². The summed E-state index contributed by atoms with van der Waals surface area (Å²) < 4.78 is 0. The van der Waals surface area contributed by atoms with E-state index in [1.807, 2.05) is 19.0 Å². The number of nitrogens with zero attached hydrogens (tertiary/aromatic N) is 1. The van der Waals surface area contributed by atoms with Gasteiger partial charge in [0.2, 0.25) is 0 Å². The van der Waals surface area contributed by atoms with Crippen molar-refractivity contribution in [2.24, 2.45) is 0 Å². The van der Waals surface area contributed by atoms with Crippen LogP contribution >= 0.6 is 24.0 Å². The average Bonchev–Trinajstić information content (AvgIpc) is 1.38. The predicted octanol–water partition coefficient (Wildman–Crippen LogP) is -0.286. The van der Waals surface area contributed by atoms with E-state index in [-0.39, 0.29) is 23.4 Å². The molecule has 0 fully saturated rings. The highest BCUT2D eigenvalue weighted by molar-refractivity contribution is 6.17. The highest BCUT2D eigenvalue weighted by atomic mass is 35.5. The van der Waals surface area contributed by atoms with Crippen molar-refractivity contribution in [1.82, 2.24) is 4.90 Å². The average molecular weight is 162 g/mol. The summed E-state index contributed by atoms with van der Waals surface area (Å²) >= 11 is 5.26. The highest BCUT2D eigenvalue weighted by Gasteiger charge is 1.74. The van der Waals surface area contributed by atoms with Crippen molar-refractivity contribution in [1.29, 1.82) is 0 Å². The van der Waals surface area contributed by atoms with E-state index in [0.717, 1.165) is 0 Å². The van der Waals surface area contributed by atoms with Gasteiger partial charge in [-0.2, -0.15) is 0 Å². The monoisotopic (exact) mass is 161 g/mol. The number of hydrogen-bond acceptors (Lipinski definition) is 1. The Morgan fingerprint density at radius 1 is 1.43 bits per heavy atom. The third-order valence-corrected chi connectivity index (χ3v) is 0.717. The molecule has 0 rings (SSSR count). The van der Waals surface area contributed by atoms with Crippen molar-refractivity contribution in [3.63, 3.8) is 0 Å². The summed E-state index contributed by atoms with van der Waals surface area (Å²) in [6.45, 7) is 0. The largest absolute Gasteiger partial charge is 0.296 e. The van der Waals surface area contributed by atoms with Crippen LogP contribution in [0.3, 0.4) is 0 Å². The molecule has 0 unspecified atom stereocenters. The number of rotatable bonds is 1. The van der Waals surface area contributed by atoms with Crippen molar-refractivity contribution in [3.8, 4) is 0 Å². The predicted molar refractivity (Wildman–Crippen MR) is 43.0 cm³/mol. The Kier molecular flexibility index (Phi) is 22.1. The van der Waals surface area contributed by atoms with Crippen LogP contribution < -0.4 is 0 Å². The molecule has 0 aliphatic heterocycles. The Bertz CT molecular complexity index is 26.9. The van der Waals surface area contributed by atoms with Gasteiger partial charge < -0.3 is 0 Å². The molecule has 0 radical (unpaired) electrons. The Labute approximate surface area is 60.5 Å². The molecule has 0 heterocycles. The van der Waals surface area contributed by atoms with E-state index in [1.165, 1.54) is 0 Å². The normalized spacial score (nSPS) is 6.86. The van der Waals surface area contributed by atoms with Crippen molar-refractivity contribution in [3.05, 3.63) is 0 Å². The molecule has 0 aliphatic carbocycles. The maximum absolute atomic E-state index is 5.26. The van der Waals surface area contributed by atoms with Crippen molar-refractivity contribution in [2.75, 3.05) is 20.1 Å².